The third-order valence-electron chi connectivity index (χ3n) is 7.36. The van der Waals surface area contributed by atoms with E-state index in [1.807, 2.05) is 127 Å². The highest BCUT2D eigenvalue weighted by Crippen LogP contribution is 2.36. The summed E-state index contributed by atoms with van der Waals surface area (Å²) in [5.41, 5.74) is 6.67. The first-order valence-electron chi connectivity index (χ1n) is 14.0. The highest BCUT2D eigenvalue weighted by atomic mass is 16.3. The van der Waals surface area contributed by atoms with Gasteiger partial charge >= 0.3 is 0 Å². The fourth-order valence-electron chi connectivity index (χ4n) is 5.29. The molecule has 8 aromatic rings. The molecule has 0 N–H and O–H groups in total. The molecule has 3 aromatic heterocycles. The lowest BCUT2D eigenvalue weighted by Gasteiger charge is -2.10. The van der Waals surface area contributed by atoms with Crippen molar-refractivity contribution in [1.29, 1.82) is 0 Å². The van der Waals surface area contributed by atoms with E-state index in [1.54, 1.807) is 0 Å². The van der Waals surface area contributed by atoms with Gasteiger partial charge < -0.3 is 4.42 Å². The maximum absolute atomic E-state index is 6.24. The maximum Gasteiger partial charge on any atom is 0.231 e. The van der Waals surface area contributed by atoms with E-state index in [1.165, 1.54) is 0 Å². The van der Waals surface area contributed by atoms with Gasteiger partial charge in [0.05, 0.1) is 11.1 Å². The van der Waals surface area contributed by atoms with Crippen molar-refractivity contribution in [3.63, 3.8) is 0 Å². The van der Waals surface area contributed by atoms with Crippen molar-refractivity contribution in [3.8, 4) is 56.8 Å². The SMILES string of the molecule is c1ccc(-c2nc(-c3ccccc3)nc(-c3cccc(-c4nc(-c5ccccc5)c5c(n4)oc4ccccc45)c3)n2)cc1. The van der Waals surface area contributed by atoms with Gasteiger partial charge in [-0.1, -0.05) is 127 Å². The minimum Gasteiger partial charge on any atom is -0.438 e. The molecule has 0 unspecified atom stereocenters. The van der Waals surface area contributed by atoms with E-state index in [9.17, 15) is 0 Å². The fourth-order valence-corrected chi connectivity index (χ4v) is 5.29. The van der Waals surface area contributed by atoms with Crippen molar-refractivity contribution < 1.29 is 4.42 Å². The van der Waals surface area contributed by atoms with Crippen LogP contribution in [0.2, 0.25) is 0 Å². The first kappa shape index (κ1) is 24.8. The summed E-state index contributed by atoms with van der Waals surface area (Å²) in [6.45, 7) is 0. The molecule has 8 rings (SSSR count). The van der Waals surface area contributed by atoms with Gasteiger partial charge in [-0.05, 0) is 12.1 Å². The average Bonchev–Trinajstić information content (AvgIpc) is 3.47. The number of fused-ring (bicyclic) bond motifs is 3. The molecule has 0 saturated heterocycles. The molecular weight excluding hydrogens is 530 g/mol. The van der Waals surface area contributed by atoms with Crippen LogP contribution in [0.5, 0.6) is 0 Å². The van der Waals surface area contributed by atoms with Crippen LogP contribution in [0.25, 0.3) is 78.9 Å². The molecule has 0 bridgehead atoms. The molecule has 0 aliphatic rings. The first-order chi connectivity index (χ1) is 21.3. The second-order valence-corrected chi connectivity index (χ2v) is 10.2. The molecule has 5 aromatic carbocycles. The molecule has 0 fully saturated rings. The summed E-state index contributed by atoms with van der Waals surface area (Å²) in [7, 11) is 0. The Morgan fingerprint density at radius 3 is 1.44 bits per heavy atom. The number of hydrogen-bond donors (Lipinski definition) is 0. The topological polar surface area (TPSA) is 77.6 Å². The summed E-state index contributed by atoms with van der Waals surface area (Å²) in [6, 6.07) is 46.1. The Morgan fingerprint density at radius 1 is 0.372 bits per heavy atom. The quantitative estimate of drug-likeness (QED) is 0.212. The minimum absolute atomic E-state index is 0.549. The predicted octanol–water partition coefficient (Wildman–Crippen LogP) is 8.90. The Balaban J connectivity index is 1.30. The highest BCUT2D eigenvalue weighted by molar-refractivity contribution is 6.10. The monoisotopic (exact) mass is 553 g/mol. The normalized spacial score (nSPS) is 11.3. The Labute approximate surface area is 247 Å². The number of furan rings is 1. The molecule has 0 atom stereocenters. The lowest BCUT2D eigenvalue weighted by atomic mass is 10.0. The van der Waals surface area contributed by atoms with E-state index >= 15 is 0 Å². The van der Waals surface area contributed by atoms with E-state index in [0.29, 0.717) is 29.0 Å². The van der Waals surface area contributed by atoms with Gasteiger partial charge in [-0.25, -0.2) is 19.9 Å². The molecule has 43 heavy (non-hydrogen) atoms. The lowest BCUT2D eigenvalue weighted by molar-refractivity contribution is 0.653. The van der Waals surface area contributed by atoms with Crippen LogP contribution in [0.15, 0.2) is 144 Å². The molecule has 0 saturated carbocycles. The molecule has 0 aliphatic heterocycles. The van der Waals surface area contributed by atoms with Gasteiger partial charge in [0.25, 0.3) is 0 Å². The maximum atomic E-state index is 6.24. The third kappa shape index (κ3) is 4.61. The van der Waals surface area contributed by atoms with Gasteiger partial charge in [0.2, 0.25) is 5.71 Å². The third-order valence-corrected chi connectivity index (χ3v) is 7.36. The minimum atomic E-state index is 0.549. The zero-order valence-corrected chi connectivity index (χ0v) is 22.9. The summed E-state index contributed by atoms with van der Waals surface area (Å²) in [5.74, 6) is 2.36. The summed E-state index contributed by atoms with van der Waals surface area (Å²) in [5, 5.41) is 1.89. The van der Waals surface area contributed by atoms with Gasteiger partial charge in [0.1, 0.15) is 5.58 Å². The number of nitrogens with zero attached hydrogens (tertiary/aromatic N) is 5. The zero-order valence-electron chi connectivity index (χ0n) is 22.9. The van der Waals surface area contributed by atoms with Crippen molar-refractivity contribution in [1.82, 2.24) is 24.9 Å². The number of hydrogen-bond acceptors (Lipinski definition) is 6. The molecule has 0 radical (unpaired) electrons. The van der Waals surface area contributed by atoms with Crippen LogP contribution >= 0.6 is 0 Å². The van der Waals surface area contributed by atoms with Crippen molar-refractivity contribution in [2.24, 2.45) is 0 Å². The van der Waals surface area contributed by atoms with E-state index < -0.39 is 0 Å². The Bertz CT molecular complexity index is 2170. The van der Waals surface area contributed by atoms with E-state index in [-0.39, 0.29) is 0 Å². The number of para-hydroxylation sites is 1. The van der Waals surface area contributed by atoms with Gasteiger partial charge in [-0.15, -0.1) is 0 Å². The summed E-state index contributed by atoms with van der Waals surface area (Å²) >= 11 is 0. The zero-order chi connectivity index (χ0) is 28.6. The fraction of sp³-hybridized carbons (Fsp3) is 0. The molecule has 0 spiro atoms. The highest BCUT2D eigenvalue weighted by Gasteiger charge is 2.19. The van der Waals surface area contributed by atoms with E-state index in [4.69, 9.17) is 29.3 Å². The summed E-state index contributed by atoms with van der Waals surface area (Å²) < 4.78 is 6.24. The van der Waals surface area contributed by atoms with Gasteiger partial charge in [-0.3, -0.25) is 0 Å². The van der Waals surface area contributed by atoms with Crippen LogP contribution < -0.4 is 0 Å². The van der Waals surface area contributed by atoms with Crippen LogP contribution in [0, 0.1) is 0 Å². The molecule has 0 aliphatic carbocycles. The van der Waals surface area contributed by atoms with Crippen LogP contribution in [-0.4, -0.2) is 24.9 Å². The van der Waals surface area contributed by atoms with Crippen molar-refractivity contribution >= 4 is 22.1 Å². The molecule has 3 heterocycles. The smallest absolute Gasteiger partial charge is 0.231 e. The molecule has 6 nitrogen and oxygen atoms in total. The molecular formula is C37H23N5O. The van der Waals surface area contributed by atoms with Crippen LogP contribution in [0.3, 0.4) is 0 Å². The van der Waals surface area contributed by atoms with Crippen LogP contribution in [0.4, 0.5) is 0 Å². The lowest BCUT2D eigenvalue weighted by Crippen LogP contribution is -2.00. The van der Waals surface area contributed by atoms with Crippen molar-refractivity contribution in [2.45, 2.75) is 0 Å². The predicted molar refractivity (Wildman–Crippen MR) is 170 cm³/mol. The number of rotatable bonds is 5. The van der Waals surface area contributed by atoms with Gasteiger partial charge in [-0.2, -0.15) is 4.98 Å². The van der Waals surface area contributed by atoms with E-state index in [2.05, 4.69) is 12.1 Å². The average molecular weight is 554 g/mol. The summed E-state index contributed by atoms with van der Waals surface area (Å²) in [4.78, 5) is 24.6. The van der Waals surface area contributed by atoms with Crippen molar-refractivity contribution in [3.05, 3.63) is 140 Å². The molecule has 0 amide bonds. The Kier molecular flexibility index (Phi) is 6.01. The van der Waals surface area contributed by atoms with Crippen LogP contribution in [0.1, 0.15) is 0 Å². The Hall–Kier alpha value is -6.01. The van der Waals surface area contributed by atoms with Crippen molar-refractivity contribution in [2.75, 3.05) is 0 Å². The standard InChI is InChI=1S/C37H23N5O/c1-4-13-24(14-5-1)32-31-29-21-10-11-22-30(29)43-37(31)42-35(38-32)27-19-12-20-28(23-27)36-40-33(25-15-6-2-7-16-25)39-34(41-36)26-17-8-3-9-18-26/h1-23H. The second kappa shape index (κ2) is 10.4. The largest absolute Gasteiger partial charge is 0.438 e. The number of aromatic nitrogens is 5. The van der Waals surface area contributed by atoms with Gasteiger partial charge in [0, 0.05) is 33.2 Å². The summed E-state index contributed by atoms with van der Waals surface area (Å²) in [6.07, 6.45) is 0. The van der Waals surface area contributed by atoms with E-state index in [0.717, 1.165) is 49.9 Å². The molecule has 202 valence electrons. The van der Waals surface area contributed by atoms with Crippen LogP contribution in [-0.2, 0) is 0 Å². The van der Waals surface area contributed by atoms with Gasteiger partial charge in [0.15, 0.2) is 23.3 Å². The second-order valence-electron chi connectivity index (χ2n) is 10.2. The first-order valence-corrected chi connectivity index (χ1v) is 14.0. The number of benzene rings is 5. The Morgan fingerprint density at radius 2 is 0.837 bits per heavy atom. The molecule has 6 heteroatoms.